The second-order valence-electron chi connectivity index (χ2n) is 24.8. The van der Waals surface area contributed by atoms with Crippen molar-refractivity contribution in [1.29, 1.82) is 0 Å². The number of carbonyl (C=O) groups excluding carboxylic acids is 10. The predicted molar refractivity (Wildman–Crippen MR) is 360 cm³/mol. The summed E-state index contributed by atoms with van der Waals surface area (Å²) in [5, 5.41) is 45.2. The molecule has 27 nitrogen and oxygen atoms in total. The van der Waals surface area contributed by atoms with Gasteiger partial charge in [-0.1, -0.05) is 131 Å². The van der Waals surface area contributed by atoms with Gasteiger partial charge < -0.3 is 80.2 Å². The number of benzene rings is 4. The number of para-hydroxylation sites is 1. The molecule has 0 radical (unpaired) electrons. The second-order valence-corrected chi connectivity index (χ2v) is 24.8. The minimum atomic E-state index is -1.82. The van der Waals surface area contributed by atoms with Crippen LogP contribution in [0.3, 0.4) is 0 Å². The number of carbonyl (C=O) groups is 11. The molecule has 0 bridgehead atoms. The number of aliphatic imine (C=N–C) groups is 1. The van der Waals surface area contributed by atoms with Gasteiger partial charge in [-0.2, -0.15) is 0 Å². The van der Waals surface area contributed by atoms with E-state index in [2.05, 4.69) is 52.8 Å². The summed E-state index contributed by atoms with van der Waals surface area (Å²) in [5.74, 6) is -10.8. The Hall–Kier alpha value is -9.76. The highest BCUT2D eigenvalue weighted by Gasteiger charge is 2.40. The molecule has 0 unspecified atom stereocenters. The number of fused-ring (bicyclic) bond motifs is 3. The van der Waals surface area contributed by atoms with Gasteiger partial charge in [-0.3, -0.25) is 57.7 Å². The number of aliphatic hydroxyl groups is 1. The Bertz CT molecular complexity index is 3350. The number of hydrogen-bond donors (Lipinski definition) is 14. The van der Waals surface area contributed by atoms with E-state index in [1.54, 1.807) is 137 Å². The fraction of sp³-hybridized carbons (Fsp3) is 0.478. The summed E-state index contributed by atoms with van der Waals surface area (Å²) in [6, 6.07) is 18.0. The Labute approximate surface area is 559 Å². The lowest BCUT2D eigenvalue weighted by Gasteiger charge is -2.30. The summed E-state index contributed by atoms with van der Waals surface area (Å²) in [4.78, 5) is 164. The first-order chi connectivity index (χ1) is 46.0. The Balaban J connectivity index is 1.42. The smallest absolute Gasteiger partial charge is 0.305 e. The van der Waals surface area contributed by atoms with Crippen molar-refractivity contribution in [3.05, 3.63) is 137 Å². The molecule has 4 aromatic carbocycles. The average molecular weight is 1330 g/mol. The Morgan fingerprint density at radius 2 is 1.05 bits per heavy atom. The summed E-state index contributed by atoms with van der Waals surface area (Å²) in [6.07, 6.45) is 1.02. The maximum atomic E-state index is 14.9. The van der Waals surface area contributed by atoms with E-state index in [9.17, 15) is 63.0 Å². The Kier molecular flexibility index (Phi) is 29.8. The van der Waals surface area contributed by atoms with E-state index in [4.69, 9.17) is 17.2 Å². The summed E-state index contributed by atoms with van der Waals surface area (Å²) in [6.45, 7) is 6.58. The number of unbranched alkanes of at least 4 members (excludes halogenated alkanes) is 1. The molecule has 27 heteroatoms. The first-order valence-corrected chi connectivity index (χ1v) is 32.9. The summed E-state index contributed by atoms with van der Waals surface area (Å²) in [5.41, 5.74) is 20.1. The van der Waals surface area contributed by atoms with E-state index in [1.807, 2.05) is 0 Å². The molecule has 0 spiro atoms. The lowest BCUT2D eigenvalue weighted by Crippen LogP contribution is -2.61. The molecule has 0 aliphatic carbocycles. The fourth-order valence-corrected chi connectivity index (χ4v) is 11.5. The van der Waals surface area contributed by atoms with E-state index in [1.165, 1.54) is 4.90 Å². The van der Waals surface area contributed by atoms with Crippen LogP contribution >= 0.6 is 0 Å². The van der Waals surface area contributed by atoms with E-state index in [0.717, 1.165) is 0 Å². The summed E-state index contributed by atoms with van der Waals surface area (Å²) < 4.78 is 0. The fourth-order valence-electron chi connectivity index (χ4n) is 11.5. The number of rotatable bonds is 19. The molecule has 518 valence electrons. The van der Waals surface area contributed by atoms with Crippen molar-refractivity contribution in [2.75, 3.05) is 31.6 Å². The van der Waals surface area contributed by atoms with Crippen LogP contribution in [0.5, 0.6) is 0 Å². The minimum absolute atomic E-state index is 0.0120. The highest BCUT2D eigenvalue weighted by molar-refractivity contribution is 6.02. The summed E-state index contributed by atoms with van der Waals surface area (Å²) >= 11 is 0. The van der Waals surface area contributed by atoms with Crippen LogP contribution in [0.15, 0.2) is 114 Å². The van der Waals surface area contributed by atoms with Crippen LogP contribution in [0.25, 0.3) is 0 Å². The predicted octanol–water partition coefficient (Wildman–Crippen LogP) is 1.13. The molecule has 96 heavy (non-hydrogen) atoms. The maximum absolute atomic E-state index is 14.9. The maximum Gasteiger partial charge on any atom is 0.305 e. The van der Waals surface area contributed by atoms with Crippen molar-refractivity contribution in [2.45, 2.75) is 172 Å². The number of guanidine groups is 1. The number of nitrogens with two attached hydrogens (primary N) is 3. The third-order valence-corrected chi connectivity index (χ3v) is 17.0. The molecule has 10 amide bonds. The number of anilines is 1. The van der Waals surface area contributed by atoms with Crippen molar-refractivity contribution in [1.82, 2.24) is 47.4 Å². The molecule has 0 saturated carbocycles. The average Bonchev–Trinajstić information content (AvgIpc) is 1.42. The molecule has 1 saturated heterocycles. The monoisotopic (exact) mass is 1330 g/mol. The molecule has 17 N–H and O–H groups in total. The van der Waals surface area contributed by atoms with Gasteiger partial charge in [0.2, 0.25) is 53.2 Å². The highest BCUT2D eigenvalue weighted by Crippen LogP contribution is 2.25. The number of nitrogens with one attached hydrogen (secondary N) is 9. The van der Waals surface area contributed by atoms with Gasteiger partial charge in [0.05, 0.1) is 13.0 Å². The molecule has 4 aromatic rings. The largest absolute Gasteiger partial charge is 0.481 e. The van der Waals surface area contributed by atoms with Gasteiger partial charge in [-0.15, -0.1) is 0 Å². The standard InChI is InChI=1S/C69H94N14O13/c1-5-42(4)58-67(95)76-50(29-18-34-73-69(71)72)59(87)75-49(28-16-17-33-70)60(88)81-55(40-84)65(93)74-48-27-15-13-25-46(48)32-31-45-24-12-14-26-47(45)68(96)83-35-19-30-56(83)66(94)80-52(37-43-20-8-6-9-21-43)62(90)79-54(39-57(85)86)63(91)77-51(36-41(2)3)61(89)78-53(64(92)82-58)38-44-22-10-7-11-23-44/h6-15,20-27,41-42,49-56,58,84H,5,16-19,28-40,70H2,1-4H3,(H,74,93)(H,75,87)(H,76,95)(H,77,91)(H,78,89)(H,79,90)(H,80,94)(H,81,88)(H,82,92)(H,85,86)(H4,71,72,73)/t42-,49-,50-,51-,52-,53-,54-,55-,56-,58-/m0/s1. The summed E-state index contributed by atoms with van der Waals surface area (Å²) in [7, 11) is 0. The zero-order valence-electron chi connectivity index (χ0n) is 55.0. The van der Waals surface area contributed by atoms with Crippen molar-refractivity contribution < 1.29 is 63.0 Å². The number of aliphatic hydroxyl groups excluding tert-OH is 1. The van der Waals surface area contributed by atoms with Gasteiger partial charge in [0.15, 0.2) is 5.96 Å². The topological polar surface area (TPSA) is 430 Å². The van der Waals surface area contributed by atoms with Crippen molar-refractivity contribution >= 4 is 76.7 Å². The van der Waals surface area contributed by atoms with Crippen LogP contribution < -0.4 is 65.1 Å². The van der Waals surface area contributed by atoms with Gasteiger partial charge in [0.1, 0.15) is 54.4 Å². The second kappa shape index (κ2) is 38.0. The molecule has 2 heterocycles. The van der Waals surface area contributed by atoms with Crippen LogP contribution in [0.4, 0.5) is 5.69 Å². The molecule has 2 aliphatic heterocycles. The first kappa shape index (κ1) is 75.3. The van der Waals surface area contributed by atoms with Crippen LogP contribution in [0, 0.1) is 11.8 Å². The highest BCUT2D eigenvalue weighted by atomic mass is 16.4. The zero-order valence-corrected chi connectivity index (χ0v) is 55.0. The van der Waals surface area contributed by atoms with Gasteiger partial charge in [0, 0.05) is 37.2 Å². The van der Waals surface area contributed by atoms with Gasteiger partial charge >= 0.3 is 5.97 Å². The van der Waals surface area contributed by atoms with Crippen molar-refractivity contribution in [3.63, 3.8) is 0 Å². The van der Waals surface area contributed by atoms with Gasteiger partial charge in [-0.05, 0) is 117 Å². The number of amides is 10. The van der Waals surface area contributed by atoms with Crippen LogP contribution in [0.1, 0.15) is 125 Å². The SMILES string of the molecule is CC[C@H](C)[C@@H]1NC(=O)[C@H](Cc2ccccc2)NC(=O)[C@H](CC(C)C)NC(=O)[C@H](CC(=O)O)NC(=O)[C@H](Cc2ccccc2)NC(=O)[C@@H]2CCCN2C(=O)c2ccccc2CCc2ccccc2NC(=O)[C@H](CO)NC(=O)[C@H](CCCCN)NC(=O)[C@H](CCCN=C(N)N)NC1=O. The lowest BCUT2D eigenvalue weighted by molar-refractivity contribution is -0.141. The number of carboxylic acids is 1. The van der Waals surface area contributed by atoms with Crippen molar-refractivity contribution in [2.24, 2.45) is 34.0 Å². The number of carboxylic acid groups (broad SMARTS) is 1. The molecule has 6 rings (SSSR count). The van der Waals surface area contributed by atoms with Crippen LogP contribution in [0.2, 0.25) is 0 Å². The van der Waals surface area contributed by atoms with Crippen molar-refractivity contribution in [3.8, 4) is 0 Å². The number of hydrogen-bond acceptors (Lipinski definition) is 14. The Morgan fingerprint density at radius 1 is 0.562 bits per heavy atom. The quantitative estimate of drug-likeness (QED) is 0.0356. The molecular weight excluding hydrogens is 1230 g/mol. The third-order valence-electron chi connectivity index (χ3n) is 17.0. The Morgan fingerprint density at radius 3 is 1.65 bits per heavy atom. The van der Waals surface area contributed by atoms with E-state index >= 15 is 0 Å². The molecule has 0 aromatic heterocycles. The molecular formula is C69H94N14O13. The molecule has 10 atom stereocenters. The number of nitrogens with zero attached hydrogens (tertiary/aromatic N) is 2. The molecule has 2 aliphatic rings. The van der Waals surface area contributed by atoms with E-state index in [-0.39, 0.29) is 94.9 Å². The van der Waals surface area contributed by atoms with Gasteiger partial charge in [-0.25, -0.2) is 0 Å². The lowest BCUT2D eigenvalue weighted by atomic mass is 9.96. The van der Waals surface area contributed by atoms with Crippen LogP contribution in [-0.4, -0.2) is 167 Å². The zero-order chi connectivity index (χ0) is 69.8. The third kappa shape index (κ3) is 23.0. The van der Waals surface area contributed by atoms with E-state index < -0.39 is 138 Å². The normalized spacial score (nSPS) is 23.0. The number of aryl methyl sites for hydroxylation is 2. The van der Waals surface area contributed by atoms with Gasteiger partial charge in [0.25, 0.3) is 5.91 Å². The minimum Gasteiger partial charge on any atom is -0.481 e. The first-order valence-electron chi connectivity index (χ1n) is 32.9. The molecule has 1 fully saturated rings. The van der Waals surface area contributed by atoms with E-state index in [0.29, 0.717) is 53.6 Å². The number of aliphatic carboxylic acids is 1. The van der Waals surface area contributed by atoms with Crippen LogP contribution in [-0.2, 0) is 73.6 Å².